The lowest BCUT2D eigenvalue weighted by atomic mass is 10.2. The summed E-state index contributed by atoms with van der Waals surface area (Å²) < 4.78 is 57.0. The van der Waals surface area contributed by atoms with Crippen molar-refractivity contribution in [2.24, 2.45) is 0 Å². The monoisotopic (exact) mass is 339 g/mol. The molecular formula is C18H17F4NO. The Morgan fingerprint density at radius 3 is 2.42 bits per heavy atom. The minimum Gasteiger partial charge on any atom is -0.489 e. The van der Waals surface area contributed by atoms with Gasteiger partial charge < -0.3 is 9.64 Å². The van der Waals surface area contributed by atoms with Gasteiger partial charge in [0.15, 0.2) is 0 Å². The van der Waals surface area contributed by atoms with Crippen LogP contribution in [-0.2, 0) is 6.18 Å². The number of halogens is 4. The van der Waals surface area contributed by atoms with Crippen molar-refractivity contribution in [1.82, 2.24) is 0 Å². The number of hydrogen-bond donors (Lipinski definition) is 0. The summed E-state index contributed by atoms with van der Waals surface area (Å²) in [5.74, 6) is 0.157. The van der Waals surface area contributed by atoms with Gasteiger partial charge in [0.05, 0.1) is 12.1 Å². The van der Waals surface area contributed by atoms with Gasteiger partial charge >= 0.3 is 6.18 Å². The van der Waals surface area contributed by atoms with E-state index in [1.54, 1.807) is 13.0 Å². The fraction of sp³-hybridized carbons (Fsp3) is 0.333. The molecule has 0 aromatic heterocycles. The summed E-state index contributed by atoms with van der Waals surface area (Å²) in [6.45, 7) is 3.00. The van der Waals surface area contributed by atoms with Crippen LogP contribution in [0.5, 0.6) is 5.75 Å². The molecule has 0 aliphatic carbocycles. The zero-order valence-electron chi connectivity index (χ0n) is 13.1. The lowest BCUT2D eigenvalue weighted by molar-refractivity contribution is -0.137. The third-order valence-electron chi connectivity index (χ3n) is 4.15. The number of anilines is 1. The van der Waals surface area contributed by atoms with Crippen molar-refractivity contribution >= 4 is 5.69 Å². The maximum atomic E-state index is 13.7. The molecule has 0 bridgehead atoms. The van der Waals surface area contributed by atoms with Crippen LogP contribution in [0.25, 0.3) is 0 Å². The van der Waals surface area contributed by atoms with Gasteiger partial charge in [0.25, 0.3) is 0 Å². The fourth-order valence-corrected chi connectivity index (χ4v) is 2.75. The first-order valence-corrected chi connectivity index (χ1v) is 7.68. The van der Waals surface area contributed by atoms with Crippen LogP contribution in [0.4, 0.5) is 23.2 Å². The van der Waals surface area contributed by atoms with Gasteiger partial charge in [-0.2, -0.15) is 13.2 Å². The molecule has 1 saturated heterocycles. The largest absolute Gasteiger partial charge is 0.489 e. The highest BCUT2D eigenvalue weighted by Gasteiger charge is 2.30. The third kappa shape index (κ3) is 3.63. The Morgan fingerprint density at radius 1 is 1.08 bits per heavy atom. The summed E-state index contributed by atoms with van der Waals surface area (Å²) in [7, 11) is 0. The predicted molar refractivity (Wildman–Crippen MR) is 83.8 cm³/mol. The topological polar surface area (TPSA) is 12.5 Å². The SMILES string of the molecule is Cc1ccc(N2CC[C@H](Oc3ccc(C(F)(F)F)cc3)C2)cc1F. The molecule has 6 heteroatoms. The summed E-state index contributed by atoms with van der Waals surface area (Å²) in [5.41, 5.74) is 0.685. The predicted octanol–water partition coefficient (Wildman–Crippen LogP) is 4.81. The Labute approximate surface area is 137 Å². The van der Waals surface area contributed by atoms with Gasteiger partial charge in [0.1, 0.15) is 17.7 Å². The van der Waals surface area contributed by atoms with Crippen LogP contribution in [0, 0.1) is 12.7 Å². The van der Waals surface area contributed by atoms with E-state index < -0.39 is 11.7 Å². The minimum atomic E-state index is -4.35. The normalized spacial score (nSPS) is 18.0. The molecule has 0 saturated carbocycles. The summed E-state index contributed by atoms with van der Waals surface area (Å²) in [5, 5.41) is 0. The van der Waals surface area contributed by atoms with E-state index in [9.17, 15) is 17.6 Å². The number of benzene rings is 2. The summed E-state index contributed by atoms with van der Waals surface area (Å²) >= 11 is 0. The molecule has 2 aromatic rings. The number of rotatable bonds is 3. The minimum absolute atomic E-state index is 0.133. The lowest BCUT2D eigenvalue weighted by Crippen LogP contribution is -2.24. The molecule has 0 N–H and O–H groups in total. The van der Waals surface area contributed by atoms with Crippen LogP contribution in [0.15, 0.2) is 42.5 Å². The van der Waals surface area contributed by atoms with Crippen LogP contribution in [-0.4, -0.2) is 19.2 Å². The van der Waals surface area contributed by atoms with Crippen molar-refractivity contribution in [2.75, 3.05) is 18.0 Å². The smallest absolute Gasteiger partial charge is 0.416 e. The zero-order valence-corrected chi connectivity index (χ0v) is 13.1. The summed E-state index contributed by atoms with van der Waals surface area (Å²) in [6.07, 6.45) is -3.75. The second kappa shape index (κ2) is 6.34. The average molecular weight is 339 g/mol. The Hall–Kier alpha value is -2.24. The molecular weight excluding hydrogens is 322 g/mol. The number of hydrogen-bond acceptors (Lipinski definition) is 2. The van der Waals surface area contributed by atoms with E-state index in [0.29, 0.717) is 24.4 Å². The Morgan fingerprint density at radius 2 is 1.79 bits per heavy atom. The van der Waals surface area contributed by atoms with Crippen molar-refractivity contribution in [1.29, 1.82) is 0 Å². The van der Waals surface area contributed by atoms with Crippen LogP contribution in [0.2, 0.25) is 0 Å². The fourth-order valence-electron chi connectivity index (χ4n) is 2.75. The number of aryl methyl sites for hydroxylation is 1. The van der Waals surface area contributed by atoms with Gasteiger partial charge in [-0.15, -0.1) is 0 Å². The van der Waals surface area contributed by atoms with Gasteiger partial charge in [-0.1, -0.05) is 6.07 Å². The number of nitrogens with zero attached hydrogens (tertiary/aromatic N) is 1. The molecule has 0 spiro atoms. The molecule has 0 amide bonds. The molecule has 1 heterocycles. The van der Waals surface area contributed by atoms with E-state index in [1.807, 2.05) is 11.0 Å². The van der Waals surface area contributed by atoms with Crippen molar-refractivity contribution in [3.63, 3.8) is 0 Å². The maximum Gasteiger partial charge on any atom is 0.416 e. The van der Waals surface area contributed by atoms with Gasteiger partial charge in [0, 0.05) is 18.7 Å². The second-order valence-electron chi connectivity index (χ2n) is 5.93. The Bertz CT molecular complexity index is 712. The first kappa shape index (κ1) is 16.6. The van der Waals surface area contributed by atoms with Crippen molar-refractivity contribution < 1.29 is 22.3 Å². The highest BCUT2D eigenvalue weighted by atomic mass is 19.4. The number of ether oxygens (including phenoxy) is 1. The molecule has 3 rings (SSSR count). The van der Waals surface area contributed by atoms with E-state index in [-0.39, 0.29) is 11.9 Å². The second-order valence-corrected chi connectivity index (χ2v) is 5.93. The van der Waals surface area contributed by atoms with Crippen molar-refractivity contribution in [2.45, 2.75) is 25.6 Å². The molecule has 0 unspecified atom stereocenters. The van der Waals surface area contributed by atoms with Crippen molar-refractivity contribution in [3.8, 4) is 5.75 Å². The summed E-state index contributed by atoms with van der Waals surface area (Å²) in [4.78, 5) is 2.01. The van der Waals surface area contributed by atoms with E-state index in [1.165, 1.54) is 18.2 Å². The zero-order chi connectivity index (χ0) is 17.3. The molecule has 1 fully saturated rings. The quantitative estimate of drug-likeness (QED) is 0.744. The molecule has 2 nitrogen and oxygen atoms in total. The van der Waals surface area contributed by atoms with E-state index in [2.05, 4.69) is 0 Å². The summed E-state index contributed by atoms with van der Waals surface area (Å²) in [6, 6.07) is 9.77. The van der Waals surface area contributed by atoms with Crippen molar-refractivity contribution in [3.05, 3.63) is 59.4 Å². The first-order chi connectivity index (χ1) is 11.3. The molecule has 24 heavy (non-hydrogen) atoms. The molecule has 1 atom stereocenters. The van der Waals surface area contributed by atoms with Crippen LogP contribution in [0.1, 0.15) is 17.5 Å². The Balaban J connectivity index is 1.62. The van der Waals surface area contributed by atoms with E-state index in [0.717, 1.165) is 24.2 Å². The molecule has 0 radical (unpaired) electrons. The molecule has 1 aliphatic heterocycles. The maximum absolute atomic E-state index is 13.7. The first-order valence-electron chi connectivity index (χ1n) is 7.68. The molecule has 128 valence electrons. The van der Waals surface area contributed by atoms with Gasteiger partial charge in [-0.3, -0.25) is 0 Å². The average Bonchev–Trinajstić information content (AvgIpc) is 2.98. The number of alkyl halides is 3. The lowest BCUT2D eigenvalue weighted by Gasteiger charge is -2.19. The van der Waals surface area contributed by atoms with Crippen LogP contribution < -0.4 is 9.64 Å². The third-order valence-corrected chi connectivity index (χ3v) is 4.15. The van der Waals surface area contributed by atoms with E-state index in [4.69, 9.17) is 4.74 Å². The highest BCUT2D eigenvalue weighted by molar-refractivity contribution is 5.49. The van der Waals surface area contributed by atoms with Gasteiger partial charge in [0.2, 0.25) is 0 Å². The molecule has 2 aromatic carbocycles. The standard InChI is InChI=1S/C18H17F4NO/c1-12-2-5-14(10-17(12)19)23-9-8-16(11-23)24-15-6-3-13(4-7-15)18(20,21)22/h2-7,10,16H,8-9,11H2,1H3/t16-/m0/s1. The molecule has 1 aliphatic rings. The van der Waals surface area contributed by atoms with Crippen LogP contribution >= 0.6 is 0 Å². The highest BCUT2D eigenvalue weighted by Crippen LogP contribution is 2.31. The Kier molecular flexibility index (Phi) is 4.39. The van der Waals surface area contributed by atoms with Gasteiger partial charge in [-0.25, -0.2) is 4.39 Å². The van der Waals surface area contributed by atoms with Gasteiger partial charge in [-0.05, 0) is 48.9 Å². The van der Waals surface area contributed by atoms with Crippen LogP contribution in [0.3, 0.4) is 0 Å². The van der Waals surface area contributed by atoms with E-state index >= 15 is 0 Å².